The van der Waals surface area contributed by atoms with Crippen molar-refractivity contribution in [3.63, 3.8) is 0 Å². The highest BCUT2D eigenvalue weighted by molar-refractivity contribution is 6.43. The molecule has 3 heterocycles. The van der Waals surface area contributed by atoms with Crippen molar-refractivity contribution in [2.45, 2.75) is 98.8 Å². The molecule has 2 fully saturated rings. The van der Waals surface area contributed by atoms with Crippen LogP contribution in [-0.4, -0.2) is 126 Å². The number of ether oxygens (including phenoxy) is 2. The van der Waals surface area contributed by atoms with Gasteiger partial charge in [0.15, 0.2) is 17.6 Å². The van der Waals surface area contributed by atoms with Gasteiger partial charge in [0.1, 0.15) is 43.1 Å². The summed E-state index contributed by atoms with van der Waals surface area (Å²) < 4.78 is 10.8. The number of phenolic OH excluding ortho intramolecular Hbond substituents is 2. The summed E-state index contributed by atoms with van der Waals surface area (Å²) in [7, 11) is 0. The fourth-order valence-electron chi connectivity index (χ4n) is 9.02. The Hall–Kier alpha value is -5.53. The Labute approximate surface area is 344 Å². The third-order valence-electron chi connectivity index (χ3n) is 12.1. The lowest BCUT2D eigenvalue weighted by molar-refractivity contribution is -0.422. The molecule has 17 heteroatoms. The molecule has 3 aromatic rings. The smallest absolute Gasteiger partial charge is 0.355 e. The van der Waals surface area contributed by atoms with Gasteiger partial charge >= 0.3 is 11.9 Å². The first-order valence-electron chi connectivity index (χ1n) is 19.7. The predicted molar refractivity (Wildman–Crippen MR) is 216 cm³/mol. The Morgan fingerprint density at radius 3 is 2.43 bits per heavy atom. The van der Waals surface area contributed by atoms with Crippen LogP contribution < -0.4 is 15.4 Å². The zero-order chi connectivity index (χ0) is 42.9. The van der Waals surface area contributed by atoms with E-state index >= 15 is 0 Å². The van der Waals surface area contributed by atoms with E-state index in [1.165, 1.54) is 18.2 Å². The van der Waals surface area contributed by atoms with Crippen LogP contribution in [0.15, 0.2) is 76.7 Å². The molecule has 9 atom stereocenters. The minimum Gasteiger partial charge on any atom is -0.508 e. The number of nitrogens with zero attached hydrogens (tertiary/aromatic N) is 3. The van der Waals surface area contributed by atoms with Gasteiger partial charge in [-0.2, -0.15) is 0 Å². The van der Waals surface area contributed by atoms with Gasteiger partial charge in [-0.3, -0.25) is 19.7 Å². The maximum absolute atomic E-state index is 14.5. The van der Waals surface area contributed by atoms with Gasteiger partial charge in [-0.25, -0.2) is 4.79 Å². The Bertz CT molecular complexity index is 2210. The molecule has 60 heavy (non-hydrogen) atoms. The summed E-state index contributed by atoms with van der Waals surface area (Å²) >= 11 is 0. The van der Waals surface area contributed by atoms with Crippen LogP contribution in [0, 0.1) is 0 Å². The van der Waals surface area contributed by atoms with Crippen molar-refractivity contribution >= 4 is 41.3 Å². The predicted octanol–water partition coefficient (Wildman–Crippen LogP) is 1.41. The molecule has 1 amide bonds. The summed E-state index contributed by atoms with van der Waals surface area (Å²) in [6, 6.07) is 14.5. The number of carboxylic acids is 1. The number of aliphatic imine (C=N–C) groups is 2. The van der Waals surface area contributed by atoms with Gasteiger partial charge in [0.25, 0.3) is 5.91 Å². The summed E-state index contributed by atoms with van der Waals surface area (Å²) in [5.74, 6) is -7.51. The zero-order valence-electron chi connectivity index (χ0n) is 32.4. The minimum atomic E-state index is -3.13. The number of aliphatic hydroxyl groups excluding tert-OH is 4. The number of fused-ring (bicyclic) bond motifs is 1. The summed E-state index contributed by atoms with van der Waals surface area (Å²) in [5, 5.41) is 85.4. The van der Waals surface area contributed by atoms with E-state index in [2.05, 4.69) is 9.98 Å². The van der Waals surface area contributed by atoms with Gasteiger partial charge in [0, 0.05) is 47.9 Å². The number of benzene rings is 3. The van der Waals surface area contributed by atoms with Gasteiger partial charge in [0.2, 0.25) is 0 Å². The second-order valence-electron chi connectivity index (χ2n) is 15.7. The van der Waals surface area contributed by atoms with Crippen LogP contribution in [0.25, 0.3) is 6.08 Å². The summed E-state index contributed by atoms with van der Waals surface area (Å²) in [4.78, 5) is 48.6. The first-order chi connectivity index (χ1) is 28.7. The van der Waals surface area contributed by atoms with Crippen LogP contribution in [0.2, 0.25) is 0 Å². The summed E-state index contributed by atoms with van der Waals surface area (Å²) in [6.07, 6.45) is -1.32. The highest BCUT2D eigenvalue weighted by Gasteiger charge is 2.56. The average molecular weight is 829 g/mol. The number of nitrogens with two attached hydrogens (primary N) is 1. The highest BCUT2D eigenvalue weighted by atomic mass is 16.8. The normalized spacial score (nSPS) is 30.0. The van der Waals surface area contributed by atoms with Gasteiger partial charge in [-0.05, 0) is 66.6 Å². The van der Waals surface area contributed by atoms with Crippen LogP contribution >= 0.6 is 0 Å². The number of aliphatic carboxylic acids is 1. The molecule has 10 N–H and O–H groups in total. The van der Waals surface area contributed by atoms with E-state index in [4.69, 9.17) is 15.2 Å². The molecule has 0 aromatic heterocycles. The van der Waals surface area contributed by atoms with Crippen molar-refractivity contribution in [2.75, 3.05) is 18.2 Å². The number of carbonyl (C=O) groups excluding carboxylic acids is 2. The zero-order valence-corrected chi connectivity index (χ0v) is 32.4. The quantitative estimate of drug-likeness (QED) is 0.0631. The Kier molecular flexibility index (Phi) is 12.2. The monoisotopic (exact) mass is 828 g/mol. The van der Waals surface area contributed by atoms with Gasteiger partial charge in [-0.1, -0.05) is 42.8 Å². The largest absolute Gasteiger partial charge is 0.508 e. The Morgan fingerprint density at radius 2 is 1.75 bits per heavy atom. The molecule has 0 spiro atoms. The standard InChI is InChI=1S/C43H48N4O13/c44-35-9-4-14-42(35,25-6-2-1-3-7-25)20-27-26-18-32(51)33(59-43(58)40(55)39(54)38(53)34(21-49)60-43)19-30(26)47(37(27)41(56)57)36(52)13-11-23-10-12-31(50)24(16-23)17-29-28(8-5-15-48)45-22-46-29/h1-3,6-7,10-13,15-16,18-19,27,34-35,37-40,49-51,53-55,58H,4-5,8-9,14,17,20-22,44H2,(H,56,57). The van der Waals surface area contributed by atoms with E-state index in [0.717, 1.165) is 35.3 Å². The Morgan fingerprint density at radius 1 is 1.00 bits per heavy atom. The number of aromatic hydroxyl groups is 2. The number of carbonyl (C=O) groups is 3. The lowest BCUT2D eigenvalue weighted by Crippen LogP contribution is -2.67. The molecule has 1 saturated heterocycles. The molecule has 4 aliphatic rings. The first kappa shape index (κ1) is 42.6. The molecule has 17 nitrogen and oxygen atoms in total. The number of anilines is 1. The number of phenols is 2. The van der Waals surface area contributed by atoms with Crippen LogP contribution in [0.3, 0.4) is 0 Å². The van der Waals surface area contributed by atoms with E-state index in [0.29, 0.717) is 41.8 Å². The maximum Gasteiger partial charge on any atom is 0.355 e. The van der Waals surface area contributed by atoms with Crippen molar-refractivity contribution in [1.29, 1.82) is 0 Å². The number of hydrogen-bond acceptors (Lipinski definition) is 15. The van der Waals surface area contributed by atoms with Crippen molar-refractivity contribution in [3.8, 4) is 17.2 Å². The van der Waals surface area contributed by atoms with Crippen molar-refractivity contribution < 1.29 is 64.7 Å². The molecule has 318 valence electrons. The molecule has 0 radical (unpaired) electrons. The lowest BCUT2D eigenvalue weighted by Gasteiger charge is -2.44. The fourth-order valence-corrected chi connectivity index (χ4v) is 9.02. The second-order valence-corrected chi connectivity index (χ2v) is 15.7. The Balaban J connectivity index is 1.27. The van der Waals surface area contributed by atoms with E-state index < -0.39 is 77.7 Å². The molecule has 1 saturated carbocycles. The number of aldehydes is 1. The average Bonchev–Trinajstić information content (AvgIpc) is 3.93. The third kappa shape index (κ3) is 7.92. The molecule has 0 bridgehead atoms. The van der Waals surface area contributed by atoms with Crippen LogP contribution in [0.1, 0.15) is 66.7 Å². The maximum atomic E-state index is 14.5. The highest BCUT2D eigenvalue weighted by Crippen LogP contribution is 2.54. The van der Waals surface area contributed by atoms with E-state index in [-0.39, 0.29) is 49.0 Å². The first-order valence-corrected chi connectivity index (χ1v) is 19.7. The molecule has 9 unspecified atom stereocenters. The third-order valence-corrected chi connectivity index (χ3v) is 12.1. The molecule has 7 rings (SSSR count). The number of aliphatic hydroxyl groups is 5. The number of hydrogen-bond donors (Lipinski definition) is 9. The molecule has 3 aromatic carbocycles. The van der Waals surface area contributed by atoms with Crippen molar-refractivity contribution in [2.24, 2.45) is 15.7 Å². The lowest BCUT2D eigenvalue weighted by atomic mass is 9.68. The van der Waals surface area contributed by atoms with Gasteiger partial charge in [-0.15, -0.1) is 0 Å². The number of carboxylic acid groups (broad SMARTS) is 1. The SMILES string of the molecule is NC1CCCC1(CC1c2cc(O)c(OC3(O)OC(CO)C(O)C(O)C3O)cc2N(C(=O)C=Cc2ccc(O)c(CC3=NCN=C3CCC=O)c2)C1C(=O)O)c1ccccc1. The molecule has 3 aliphatic heterocycles. The minimum absolute atomic E-state index is 0.0226. The molecule has 1 aliphatic carbocycles. The number of rotatable bonds is 14. The van der Waals surface area contributed by atoms with Gasteiger partial charge < -0.3 is 60.9 Å². The molecular weight excluding hydrogens is 780 g/mol. The van der Waals surface area contributed by atoms with Crippen molar-refractivity contribution in [1.82, 2.24) is 0 Å². The summed E-state index contributed by atoms with van der Waals surface area (Å²) in [6.45, 7) is -0.686. The van der Waals surface area contributed by atoms with Crippen LogP contribution in [0.4, 0.5) is 5.69 Å². The second kappa shape index (κ2) is 17.2. The number of amides is 1. The molecular formula is C43H48N4O13. The van der Waals surface area contributed by atoms with Gasteiger partial charge in [0.05, 0.1) is 23.7 Å². The fraction of sp³-hybridized carbons (Fsp3) is 0.419. The van der Waals surface area contributed by atoms with Crippen LogP contribution in [0.5, 0.6) is 17.2 Å². The van der Waals surface area contributed by atoms with Crippen molar-refractivity contribution in [3.05, 3.63) is 89.0 Å². The van der Waals surface area contributed by atoms with E-state index in [1.54, 1.807) is 12.1 Å². The van der Waals surface area contributed by atoms with Crippen LogP contribution in [-0.2, 0) is 31.0 Å². The summed E-state index contributed by atoms with van der Waals surface area (Å²) in [5.41, 5.74) is 9.48. The topological polar surface area (TPSA) is 285 Å². The van der Waals surface area contributed by atoms with E-state index in [1.807, 2.05) is 30.3 Å². The van der Waals surface area contributed by atoms with E-state index in [9.17, 15) is 55.2 Å².